The average Bonchev–Trinajstić information content (AvgIpc) is 2.79. The summed E-state index contributed by atoms with van der Waals surface area (Å²) >= 11 is 0. The topological polar surface area (TPSA) is 145 Å². The molecule has 0 fully saturated rings. The number of hydrazine groups is 1. The van der Waals surface area contributed by atoms with Crippen LogP contribution < -0.4 is 21.1 Å². The summed E-state index contributed by atoms with van der Waals surface area (Å²) in [5.74, 6) is -1.47. The van der Waals surface area contributed by atoms with Crippen LogP contribution in [0.25, 0.3) is 10.8 Å². The molecule has 0 aliphatic carbocycles. The van der Waals surface area contributed by atoms with E-state index in [-0.39, 0.29) is 34.9 Å². The average molecular weight is 439 g/mol. The molecule has 2 amide bonds. The third-order valence-corrected chi connectivity index (χ3v) is 4.53. The molecule has 0 saturated heterocycles. The molecule has 0 radical (unpaired) electrons. The first-order chi connectivity index (χ1) is 15.4. The summed E-state index contributed by atoms with van der Waals surface area (Å²) < 4.78 is 6.39. The maximum atomic E-state index is 12.7. The first kappa shape index (κ1) is 22.4. The Bertz CT molecular complexity index is 1250. The van der Waals surface area contributed by atoms with Crippen molar-refractivity contribution in [1.82, 2.24) is 20.6 Å². The van der Waals surface area contributed by atoms with Gasteiger partial charge in [-0.1, -0.05) is 25.1 Å². The lowest BCUT2D eigenvalue weighted by atomic mass is 10.1. The Morgan fingerprint density at radius 3 is 2.44 bits per heavy atom. The standard InChI is InChI=1S/C21H21N5O6/c1-3-11-25-21(29)15-8-6-5-7-14(15)18(24-25)20(28)23-22-19(27)13-9-10-17(32-4-2)16(12-13)26(30)31/h5-10,12H,3-4,11H2,1-2H3,(H,22,27)(H,23,28). The van der Waals surface area contributed by atoms with Gasteiger partial charge in [-0.2, -0.15) is 5.10 Å². The number of ether oxygens (including phenoxy) is 1. The van der Waals surface area contributed by atoms with Gasteiger partial charge in [0, 0.05) is 23.6 Å². The van der Waals surface area contributed by atoms with E-state index < -0.39 is 16.7 Å². The molecule has 1 heterocycles. The van der Waals surface area contributed by atoms with Gasteiger partial charge in [0.1, 0.15) is 0 Å². The molecule has 0 aliphatic rings. The highest BCUT2D eigenvalue weighted by Crippen LogP contribution is 2.27. The van der Waals surface area contributed by atoms with Crippen molar-refractivity contribution in [1.29, 1.82) is 0 Å². The molecule has 0 unspecified atom stereocenters. The number of nitro groups is 1. The third-order valence-electron chi connectivity index (χ3n) is 4.53. The summed E-state index contributed by atoms with van der Waals surface area (Å²) in [6, 6.07) is 10.3. The van der Waals surface area contributed by atoms with Crippen LogP contribution in [0.2, 0.25) is 0 Å². The van der Waals surface area contributed by atoms with Crippen LogP contribution >= 0.6 is 0 Å². The van der Waals surface area contributed by atoms with Gasteiger partial charge in [-0.25, -0.2) is 4.68 Å². The zero-order chi connectivity index (χ0) is 23.3. The van der Waals surface area contributed by atoms with E-state index in [0.717, 1.165) is 6.07 Å². The molecule has 2 aromatic carbocycles. The Hall–Kier alpha value is -4.28. The number of fused-ring (bicyclic) bond motifs is 1. The van der Waals surface area contributed by atoms with Crippen LogP contribution in [0, 0.1) is 10.1 Å². The smallest absolute Gasteiger partial charge is 0.311 e. The second-order valence-corrected chi connectivity index (χ2v) is 6.70. The molecule has 11 heteroatoms. The SMILES string of the molecule is CCCn1nc(C(=O)NNC(=O)c2ccc(OCC)c([N+](=O)[O-])c2)c2ccccc2c1=O. The molecule has 0 saturated carbocycles. The van der Waals surface area contributed by atoms with Gasteiger partial charge in [0.05, 0.1) is 16.9 Å². The predicted molar refractivity (Wildman–Crippen MR) is 115 cm³/mol. The number of benzene rings is 2. The highest BCUT2D eigenvalue weighted by molar-refractivity contribution is 6.06. The van der Waals surface area contributed by atoms with Gasteiger partial charge >= 0.3 is 5.69 Å². The van der Waals surface area contributed by atoms with E-state index in [1.807, 2.05) is 6.92 Å². The van der Waals surface area contributed by atoms with Crippen LogP contribution in [0.4, 0.5) is 5.69 Å². The highest BCUT2D eigenvalue weighted by Gasteiger charge is 2.20. The van der Waals surface area contributed by atoms with Crippen molar-refractivity contribution >= 4 is 28.3 Å². The van der Waals surface area contributed by atoms with Crippen LogP contribution in [-0.2, 0) is 6.54 Å². The number of carbonyl (C=O) groups excluding carboxylic acids is 2. The maximum Gasteiger partial charge on any atom is 0.311 e. The Labute approximate surface area is 182 Å². The molecule has 3 rings (SSSR count). The molecular formula is C21H21N5O6. The highest BCUT2D eigenvalue weighted by atomic mass is 16.6. The van der Waals surface area contributed by atoms with Crippen LogP contribution in [0.5, 0.6) is 5.75 Å². The molecule has 166 valence electrons. The molecular weight excluding hydrogens is 418 g/mol. The number of hydrogen-bond donors (Lipinski definition) is 2. The zero-order valence-corrected chi connectivity index (χ0v) is 17.5. The molecule has 0 spiro atoms. The van der Waals surface area contributed by atoms with Gasteiger partial charge < -0.3 is 4.74 Å². The van der Waals surface area contributed by atoms with Gasteiger partial charge in [0.25, 0.3) is 17.4 Å². The van der Waals surface area contributed by atoms with Crippen LogP contribution in [-0.4, -0.2) is 33.1 Å². The van der Waals surface area contributed by atoms with E-state index >= 15 is 0 Å². The van der Waals surface area contributed by atoms with E-state index in [4.69, 9.17) is 4.74 Å². The van der Waals surface area contributed by atoms with Gasteiger partial charge in [0.15, 0.2) is 11.4 Å². The van der Waals surface area contributed by atoms with Crippen molar-refractivity contribution < 1.29 is 19.2 Å². The van der Waals surface area contributed by atoms with Crippen molar-refractivity contribution in [2.75, 3.05) is 6.61 Å². The van der Waals surface area contributed by atoms with Crippen molar-refractivity contribution in [3.63, 3.8) is 0 Å². The van der Waals surface area contributed by atoms with Gasteiger partial charge in [-0.15, -0.1) is 0 Å². The summed E-state index contributed by atoms with van der Waals surface area (Å²) in [7, 11) is 0. The lowest BCUT2D eigenvalue weighted by Crippen LogP contribution is -2.42. The molecule has 11 nitrogen and oxygen atoms in total. The second-order valence-electron chi connectivity index (χ2n) is 6.70. The van der Waals surface area contributed by atoms with Gasteiger partial charge in [0.2, 0.25) is 0 Å². The number of nitrogens with one attached hydrogen (secondary N) is 2. The fraction of sp³-hybridized carbons (Fsp3) is 0.238. The fourth-order valence-corrected chi connectivity index (χ4v) is 3.09. The predicted octanol–water partition coefficient (Wildman–Crippen LogP) is 2.19. The maximum absolute atomic E-state index is 12.7. The summed E-state index contributed by atoms with van der Waals surface area (Å²) in [5.41, 5.74) is 3.70. The first-order valence-electron chi connectivity index (χ1n) is 9.89. The number of carbonyl (C=O) groups is 2. The summed E-state index contributed by atoms with van der Waals surface area (Å²) in [6.45, 7) is 4.11. The minimum atomic E-state index is -0.768. The third kappa shape index (κ3) is 4.56. The Morgan fingerprint density at radius 1 is 1.09 bits per heavy atom. The number of aromatic nitrogens is 2. The second kappa shape index (κ2) is 9.69. The lowest BCUT2D eigenvalue weighted by molar-refractivity contribution is -0.385. The normalized spacial score (nSPS) is 10.6. The Kier molecular flexibility index (Phi) is 6.78. The summed E-state index contributed by atoms with van der Waals surface area (Å²) in [6.07, 6.45) is 0.638. The van der Waals surface area contributed by atoms with E-state index in [1.54, 1.807) is 31.2 Å². The van der Waals surface area contributed by atoms with Crippen molar-refractivity contribution in [2.24, 2.45) is 0 Å². The largest absolute Gasteiger partial charge is 0.487 e. The minimum Gasteiger partial charge on any atom is -0.487 e. The summed E-state index contributed by atoms with van der Waals surface area (Å²) in [5, 5.41) is 16.1. The molecule has 0 aliphatic heterocycles. The monoisotopic (exact) mass is 439 g/mol. The van der Waals surface area contributed by atoms with Crippen molar-refractivity contribution in [2.45, 2.75) is 26.8 Å². The number of nitro benzene ring substituents is 1. The summed E-state index contributed by atoms with van der Waals surface area (Å²) in [4.78, 5) is 48.3. The first-order valence-corrected chi connectivity index (χ1v) is 9.89. The van der Waals surface area contributed by atoms with E-state index in [0.29, 0.717) is 23.7 Å². The quantitative estimate of drug-likeness (QED) is 0.424. The molecule has 1 aromatic heterocycles. The zero-order valence-electron chi connectivity index (χ0n) is 17.5. The molecule has 3 aromatic rings. The van der Waals surface area contributed by atoms with Gasteiger partial charge in [-0.05, 0) is 31.5 Å². The van der Waals surface area contributed by atoms with E-state index in [9.17, 15) is 24.5 Å². The number of aryl methyl sites for hydroxylation is 1. The fourth-order valence-electron chi connectivity index (χ4n) is 3.09. The number of nitrogens with zero attached hydrogens (tertiary/aromatic N) is 3. The number of rotatable bonds is 7. The van der Waals surface area contributed by atoms with Crippen molar-refractivity contribution in [3.05, 3.63) is 74.2 Å². The Morgan fingerprint density at radius 2 is 1.78 bits per heavy atom. The van der Waals surface area contributed by atoms with E-state index in [1.165, 1.54) is 16.8 Å². The minimum absolute atomic E-state index is 0.0342. The van der Waals surface area contributed by atoms with Gasteiger partial charge in [-0.3, -0.25) is 35.3 Å². The van der Waals surface area contributed by atoms with Crippen LogP contribution in [0.1, 0.15) is 41.1 Å². The molecule has 32 heavy (non-hydrogen) atoms. The molecule has 0 bridgehead atoms. The lowest BCUT2D eigenvalue weighted by Gasteiger charge is -2.12. The molecule has 2 N–H and O–H groups in total. The number of amides is 2. The van der Waals surface area contributed by atoms with Crippen LogP contribution in [0.3, 0.4) is 0 Å². The molecule has 0 atom stereocenters. The van der Waals surface area contributed by atoms with E-state index in [2.05, 4.69) is 16.0 Å². The number of hydrogen-bond acceptors (Lipinski definition) is 7. The van der Waals surface area contributed by atoms with Crippen molar-refractivity contribution in [3.8, 4) is 5.75 Å². The Balaban J connectivity index is 1.85. The van der Waals surface area contributed by atoms with Crippen LogP contribution in [0.15, 0.2) is 47.3 Å².